The quantitative estimate of drug-likeness (QED) is 0.0688. The number of rotatable bonds is 9. The highest BCUT2D eigenvalue weighted by Crippen LogP contribution is 2.45. The lowest BCUT2D eigenvalue weighted by molar-refractivity contribution is -0.180. The van der Waals surface area contributed by atoms with Crippen molar-refractivity contribution in [2.24, 2.45) is 16.0 Å². The van der Waals surface area contributed by atoms with E-state index >= 15 is 0 Å². The molecule has 2 amide bonds. The predicted molar refractivity (Wildman–Crippen MR) is 144 cm³/mol. The molecule has 0 saturated carbocycles. The first-order valence-corrected chi connectivity index (χ1v) is 15.0. The first-order valence-electron chi connectivity index (χ1n) is 11.4. The fourth-order valence-electron chi connectivity index (χ4n) is 3.65. The highest BCUT2D eigenvalue weighted by atomic mass is 32.2. The number of hydrogen-bond acceptors (Lipinski definition) is 16. The van der Waals surface area contributed by atoms with Crippen molar-refractivity contribution in [3.63, 3.8) is 0 Å². The Hall–Kier alpha value is -2.96. The van der Waals surface area contributed by atoms with E-state index in [0.717, 1.165) is 11.3 Å². The lowest BCUT2D eigenvalue weighted by Gasteiger charge is -2.54. The van der Waals surface area contributed by atoms with E-state index in [4.69, 9.17) is 15.2 Å². The molecule has 0 spiro atoms. The number of hydrogen-bond donors (Lipinski definition) is 3. The topological polar surface area (TPSA) is 199 Å². The Morgan fingerprint density at radius 2 is 2.13 bits per heavy atom. The Morgan fingerprint density at radius 3 is 2.74 bits per heavy atom. The molecule has 4 N–H and O–H groups in total. The van der Waals surface area contributed by atoms with Crippen LogP contribution in [-0.2, 0) is 28.7 Å². The van der Waals surface area contributed by atoms with E-state index in [1.165, 1.54) is 51.7 Å². The zero-order chi connectivity index (χ0) is 28.4. The number of aromatic nitrogens is 3. The lowest BCUT2D eigenvalue weighted by atomic mass is 9.89. The van der Waals surface area contributed by atoms with Gasteiger partial charge in [0.15, 0.2) is 15.2 Å². The number of carbonyl (C=O) groups is 4. The number of nitrogen functional groups attached to an aromatic ring is 1. The second-order valence-corrected chi connectivity index (χ2v) is 13.6. The number of nitrogens with two attached hydrogens (primary N) is 1. The van der Waals surface area contributed by atoms with Crippen LogP contribution in [0.15, 0.2) is 21.2 Å². The van der Waals surface area contributed by atoms with Crippen molar-refractivity contribution in [1.29, 1.82) is 0 Å². The fourth-order valence-corrected chi connectivity index (χ4v) is 7.49. The van der Waals surface area contributed by atoms with Crippen LogP contribution in [0.2, 0.25) is 0 Å². The normalized spacial score (nSPS) is 23.0. The Kier molecular flexibility index (Phi) is 8.67. The molecule has 3 atom stereocenters. The van der Waals surface area contributed by atoms with Crippen molar-refractivity contribution < 1.29 is 33.9 Å². The minimum atomic E-state index is -1.13. The van der Waals surface area contributed by atoms with Crippen molar-refractivity contribution in [2.45, 2.75) is 36.5 Å². The van der Waals surface area contributed by atoms with Gasteiger partial charge in [-0.25, -0.2) is 9.97 Å². The summed E-state index contributed by atoms with van der Waals surface area (Å²) in [7, 11) is 0. The van der Waals surface area contributed by atoms with Gasteiger partial charge in [-0.3, -0.25) is 19.2 Å². The summed E-state index contributed by atoms with van der Waals surface area (Å²) in [5, 5.41) is 16.1. The van der Waals surface area contributed by atoms with Crippen LogP contribution in [0.5, 0.6) is 0 Å². The summed E-state index contributed by atoms with van der Waals surface area (Å²) in [5.74, 6) is -1.84. The molecule has 2 aromatic heterocycles. The van der Waals surface area contributed by atoms with E-state index in [1.807, 2.05) is 0 Å². The highest BCUT2D eigenvalue weighted by Gasteiger charge is 2.58. The maximum Gasteiger partial charge on any atom is 0.318 e. The first-order chi connectivity index (χ1) is 18.4. The zero-order valence-corrected chi connectivity index (χ0v) is 24.2. The maximum atomic E-state index is 13.3. The molecule has 18 heteroatoms. The maximum absolute atomic E-state index is 13.3. The molecule has 0 bridgehead atoms. The van der Waals surface area contributed by atoms with Crippen LogP contribution in [0.4, 0.5) is 5.13 Å². The van der Waals surface area contributed by atoms with E-state index in [9.17, 15) is 24.4 Å². The SMILES string of the molecule is CC(C)(C)C(=O)OCOC(=O)C1(CSc2ncns2)CS[C@@H]2C(NC(=O)C(=NO)c3csc(N)n3)C(=O)N2C1. The number of amides is 2. The largest absolute Gasteiger partial charge is 0.427 e. The van der Waals surface area contributed by atoms with E-state index < -0.39 is 52.8 Å². The molecule has 2 fully saturated rings. The number of carbonyl (C=O) groups excluding carboxylic acids is 4. The number of oxime groups is 1. The zero-order valence-electron chi connectivity index (χ0n) is 21.0. The van der Waals surface area contributed by atoms with Crippen molar-refractivity contribution in [2.75, 3.05) is 30.6 Å². The Bertz CT molecular complexity index is 1280. The second kappa shape index (κ2) is 11.6. The van der Waals surface area contributed by atoms with Crippen LogP contribution >= 0.6 is 46.4 Å². The lowest BCUT2D eigenvalue weighted by Crippen LogP contribution is -2.74. The van der Waals surface area contributed by atoms with Crippen LogP contribution in [0.25, 0.3) is 0 Å². The minimum absolute atomic E-state index is 0.0251. The molecule has 4 heterocycles. The monoisotopic (exact) mass is 615 g/mol. The molecule has 2 saturated heterocycles. The number of thioether (sulfide) groups is 2. The Balaban J connectivity index is 1.42. The van der Waals surface area contributed by atoms with E-state index in [-0.39, 0.29) is 34.6 Å². The van der Waals surface area contributed by atoms with Gasteiger partial charge >= 0.3 is 11.9 Å². The molecule has 2 unspecified atom stereocenters. The molecule has 2 aromatic rings. The van der Waals surface area contributed by atoms with Crippen LogP contribution in [-0.4, -0.2) is 90.2 Å². The molecule has 0 radical (unpaired) electrons. The number of nitrogens with zero attached hydrogens (tertiary/aromatic N) is 5. The Morgan fingerprint density at radius 1 is 1.36 bits per heavy atom. The minimum Gasteiger partial charge on any atom is -0.427 e. The van der Waals surface area contributed by atoms with E-state index in [2.05, 4.69) is 24.8 Å². The summed E-state index contributed by atoms with van der Waals surface area (Å²) in [6, 6.07) is -0.896. The van der Waals surface area contributed by atoms with Crippen molar-refractivity contribution in [1.82, 2.24) is 24.6 Å². The first kappa shape index (κ1) is 29.0. The van der Waals surface area contributed by atoms with Gasteiger partial charge in [-0.05, 0) is 32.3 Å². The number of anilines is 1. The molecular formula is C21H25N7O7S4. The average Bonchev–Trinajstić information content (AvgIpc) is 3.57. The molecule has 2 aliphatic rings. The summed E-state index contributed by atoms with van der Waals surface area (Å²) in [6.07, 6.45) is 1.41. The van der Waals surface area contributed by atoms with Crippen LogP contribution in [0.3, 0.4) is 0 Å². The molecule has 39 heavy (non-hydrogen) atoms. The van der Waals surface area contributed by atoms with Gasteiger partial charge in [0.2, 0.25) is 12.7 Å². The van der Waals surface area contributed by atoms with Gasteiger partial charge in [-0.2, -0.15) is 4.37 Å². The van der Waals surface area contributed by atoms with Crippen molar-refractivity contribution in [3.8, 4) is 0 Å². The van der Waals surface area contributed by atoms with E-state index in [0.29, 0.717) is 4.34 Å². The summed E-state index contributed by atoms with van der Waals surface area (Å²) in [5.41, 5.74) is 3.41. The number of ether oxygens (including phenoxy) is 2. The van der Waals surface area contributed by atoms with Crippen LogP contribution in [0.1, 0.15) is 26.5 Å². The second-order valence-electron chi connectivity index (χ2n) is 9.65. The molecular weight excluding hydrogens is 591 g/mol. The van der Waals surface area contributed by atoms with Gasteiger partial charge in [-0.15, -0.1) is 23.1 Å². The number of fused-ring (bicyclic) bond motifs is 1. The fraction of sp³-hybridized carbons (Fsp3) is 0.524. The number of esters is 2. The summed E-state index contributed by atoms with van der Waals surface area (Å²) < 4.78 is 15.0. The van der Waals surface area contributed by atoms with Gasteiger partial charge in [0.25, 0.3) is 5.91 Å². The summed E-state index contributed by atoms with van der Waals surface area (Å²) in [4.78, 5) is 60.7. The smallest absolute Gasteiger partial charge is 0.318 e. The van der Waals surface area contributed by atoms with Gasteiger partial charge < -0.3 is 30.6 Å². The molecule has 2 aliphatic heterocycles. The van der Waals surface area contributed by atoms with E-state index in [1.54, 1.807) is 20.8 Å². The van der Waals surface area contributed by atoms with Gasteiger partial charge in [0, 0.05) is 23.4 Å². The molecule has 0 aromatic carbocycles. The molecule has 210 valence electrons. The van der Waals surface area contributed by atoms with Crippen molar-refractivity contribution in [3.05, 3.63) is 17.4 Å². The average molecular weight is 616 g/mol. The number of β-lactam (4-membered cyclic amide) rings is 1. The molecule has 4 rings (SSSR count). The summed E-state index contributed by atoms with van der Waals surface area (Å²) in [6.45, 7) is 4.52. The van der Waals surface area contributed by atoms with Gasteiger partial charge in [0.05, 0.1) is 5.41 Å². The standard InChI is InChI=1S/C21H25N7O7S4/c1-20(2,3)16(31)34-9-35-17(32)21(7-38-19-23-8-24-39-19)5-28-14(30)12(15(28)37-6-21)26-13(29)11(27-33)10-4-36-18(22)25-10/h4,8,12,15,33H,5-7,9H2,1-3H3,(H2,22,25)(H,26,29)/t12?,15-,21?/m1/s1. The third kappa shape index (κ3) is 6.28. The molecule has 0 aliphatic carbocycles. The highest BCUT2D eigenvalue weighted by molar-refractivity contribution is 8.01. The predicted octanol–water partition coefficient (Wildman–Crippen LogP) is 1.02. The van der Waals surface area contributed by atoms with Crippen LogP contribution in [0, 0.1) is 10.8 Å². The molecule has 14 nitrogen and oxygen atoms in total. The third-order valence-corrected chi connectivity index (χ3v) is 10.1. The number of nitrogens with one attached hydrogen (secondary N) is 1. The van der Waals surface area contributed by atoms with Crippen molar-refractivity contribution >= 4 is 81.0 Å². The number of thiazole rings is 1. The third-order valence-electron chi connectivity index (χ3n) is 5.75. The summed E-state index contributed by atoms with van der Waals surface area (Å²) >= 11 is 4.86. The van der Waals surface area contributed by atoms with Gasteiger partial charge in [0.1, 0.15) is 28.9 Å². The Labute approximate surface area is 239 Å². The van der Waals surface area contributed by atoms with Gasteiger partial charge in [-0.1, -0.05) is 16.9 Å². The van der Waals surface area contributed by atoms with Crippen LogP contribution < -0.4 is 11.1 Å².